The van der Waals surface area contributed by atoms with Crippen molar-refractivity contribution in [2.45, 2.75) is 0 Å². The number of hydrogen-bond donors (Lipinski definition) is 1. The molecule has 1 N–H and O–H groups in total. The summed E-state index contributed by atoms with van der Waals surface area (Å²) in [5, 5.41) is 3.62. The first kappa shape index (κ1) is 13.5. The summed E-state index contributed by atoms with van der Waals surface area (Å²) >= 11 is 4.92. The molecule has 0 unspecified atom stereocenters. The maximum absolute atomic E-state index is 12.2. The summed E-state index contributed by atoms with van der Waals surface area (Å²) in [6.07, 6.45) is 3.50. The molecule has 106 valence electrons. The Morgan fingerprint density at radius 3 is 2.67 bits per heavy atom. The van der Waals surface area contributed by atoms with Crippen LogP contribution < -0.4 is 5.32 Å². The Morgan fingerprint density at radius 2 is 1.90 bits per heavy atom. The fourth-order valence-electron chi connectivity index (χ4n) is 2.39. The van der Waals surface area contributed by atoms with Crippen LogP contribution in [0.3, 0.4) is 0 Å². The molecule has 1 aromatic heterocycles. The van der Waals surface area contributed by atoms with Crippen LogP contribution in [-0.4, -0.2) is 33.4 Å². The van der Waals surface area contributed by atoms with Crippen molar-refractivity contribution in [1.82, 2.24) is 14.8 Å². The summed E-state index contributed by atoms with van der Waals surface area (Å²) in [6.45, 7) is 0. The number of carbonyl (C=O) groups excluding carboxylic acids is 2. The number of aryl methyl sites for hydroxylation is 1. The second kappa shape index (κ2) is 4.82. The highest BCUT2D eigenvalue weighted by atomic mass is 32.1. The number of nitrogens with one attached hydrogen (secondary N) is 1. The molecule has 0 atom stereocenters. The predicted octanol–water partition coefficient (Wildman–Crippen LogP) is 1.43. The van der Waals surface area contributed by atoms with E-state index in [1.807, 2.05) is 42.1 Å². The standard InChI is InChI=1S/C15H13N3O2S/c1-17-8-9(10-5-3-4-6-12(10)17)7-11-13(19)16-15(21)18(2)14(11)20/h3-8H,1-2H3,(H,16,19,21)/b11-7+. The molecule has 0 radical (unpaired) electrons. The van der Waals surface area contributed by atoms with Gasteiger partial charge in [0.25, 0.3) is 11.8 Å². The van der Waals surface area contributed by atoms with Crippen LogP contribution in [-0.2, 0) is 16.6 Å². The van der Waals surface area contributed by atoms with Crippen LogP contribution in [0.15, 0.2) is 36.0 Å². The first-order chi connectivity index (χ1) is 9.99. The van der Waals surface area contributed by atoms with E-state index >= 15 is 0 Å². The fraction of sp³-hybridized carbons (Fsp3) is 0.133. The molecule has 0 saturated carbocycles. The summed E-state index contributed by atoms with van der Waals surface area (Å²) in [5.74, 6) is -0.854. The molecule has 3 rings (SSSR count). The number of amides is 2. The van der Waals surface area contributed by atoms with Crippen LogP contribution in [0.1, 0.15) is 5.56 Å². The molecule has 1 saturated heterocycles. The number of benzene rings is 1. The number of rotatable bonds is 1. The first-order valence-electron chi connectivity index (χ1n) is 6.38. The lowest BCUT2D eigenvalue weighted by Gasteiger charge is -2.24. The molecule has 6 heteroatoms. The van der Waals surface area contributed by atoms with Gasteiger partial charge in [0, 0.05) is 36.8 Å². The number of para-hydroxylation sites is 1. The topological polar surface area (TPSA) is 54.3 Å². The predicted molar refractivity (Wildman–Crippen MR) is 84.4 cm³/mol. The van der Waals surface area contributed by atoms with Gasteiger partial charge in [0.2, 0.25) is 0 Å². The molecule has 0 spiro atoms. The van der Waals surface area contributed by atoms with Crippen LogP contribution in [0.25, 0.3) is 17.0 Å². The van der Waals surface area contributed by atoms with E-state index in [0.717, 1.165) is 16.5 Å². The van der Waals surface area contributed by atoms with Crippen molar-refractivity contribution in [2.75, 3.05) is 7.05 Å². The van der Waals surface area contributed by atoms with Gasteiger partial charge >= 0.3 is 0 Å². The summed E-state index contributed by atoms with van der Waals surface area (Å²) in [5.41, 5.74) is 1.95. The van der Waals surface area contributed by atoms with Gasteiger partial charge in [-0.15, -0.1) is 0 Å². The number of hydrogen-bond acceptors (Lipinski definition) is 3. The van der Waals surface area contributed by atoms with E-state index in [1.165, 1.54) is 4.90 Å². The Bertz CT molecular complexity index is 819. The van der Waals surface area contributed by atoms with Gasteiger partial charge in [-0.1, -0.05) is 18.2 Å². The van der Waals surface area contributed by atoms with Crippen molar-refractivity contribution in [3.8, 4) is 0 Å². The minimum Gasteiger partial charge on any atom is -0.350 e. The lowest BCUT2D eigenvalue weighted by Crippen LogP contribution is -2.52. The second-order valence-electron chi connectivity index (χ2n) is 4.89. The molecule has 0 bridgehead atoms. The molecule has 1 aliphatic rings. The number of likely N-dealkylation sites (N-methyl/N-ethyl adjacent to an activating group) is 1. The van der Waals surface area contributed by atoms with Gasteiger partial charge in [0.1, 0.15) is 5.57 Å². The zero-order valence-corrected chi connectivity index (χ0v) is 12.4. The Kier molecular flexibility index (Phi) is 3.10. The maximum atomic E-state index is 12.2. The smallest absolute Gasteiger partial charge is 0.265 e. The fourth-order valence-corrected chi connectivity index (χ4v) is 2.56. The third-order valence-corrected chi connectivity index (χ3v) is 3.91. The number of nitrogens with zero attached hydrogens (tertiary/aromatic N) is 2. The van der Waals surface area contributed by atoms with E-state index in [0.29, 0.717) is 0 Å². The van der Waals surface area contributed by atoms with Gasteiger partial charge in [-0.3, -0.25) is 19.8 Å². The van der Waals surface area contributed by atoms with Gasteiger partial charge < -0.3 is 4.57 Å². The zero-order valence-electron chi connectivity index (χ0n) is 11.6. The number of thiocarbonyl (C=S) groups is 1. The third-order valence-electron chi connectivity index (χ3n) is 3.53. The van der Waals surface area contributed by atoms with E-state index in [9.17, 15) is 9.59 Å². The SMILES string of the molecule is CN1C(=O)/C(=C/c2cn(C)c3ccccc23)C(=O)NC1=S. The Morgan fingerprint density at radius 1 is 1.19 bits per heavy atom. The van der Waals surface area contributed by atoms with Crippen molar-refractivity contribution >= 4 is 46.1 Å². The van der Waals surface area contributed by atoms with Gasteiger partial charge in [0.05, 0.1) is 0 Å². The molecular formula is C15H13N3O2S. The van der Waals surface area contributed by atoms with E-state index in [-0.39, 0.29) is 10.7 Å². The molecule has 2 aromatic rings. The van der Waals surface area contributed by atoms with Gasteiger partial charge in [0.15, 0.2) is 5.11 Å². The molecule has 5 nitrogen and oxygen atoms in total. The van der Waals surface area contributed by atoms with Crippen LogP contribution >= 0.6 is 12.2 Å². The molecule has 0 aliphatic carbocycles. The monoisotopic (exact) mass is 299 g/mol. The lowest BCUT2D eigenvalue weighted by atomic mass is 10.1. The Balaban J connectivity index is 2.13. The minimum atomic E-state index is -0.462. The molecule has 21 heavy (non-hydrogen) atoms. The molecule has 1 aliphatic heterocycles. The minimum absolute atomic E-state index is 0.0856. The van der Waals surface area contributed by atoms with Gasteiger partial charge in [-0.2, -0.15) is 0 Å². The van der Waals surface area contributed by atoms with Crippen molar-refractivity contribution < 1.29 is 9.59 Å². The van der Waals surface area contributed by atoms with E-state index in [2.05, 4.69) is 5.32 Å². The van der Waals surface area contributed by atoms with Crippen molar-refractivity contribution in [3.05, 3.63) is 41.6 Å². The summed E-state index contributed by atoms with van der Waals surface area (Å²) in [7, 11) is 3.47. The van der Waals surface area contributed by atoms with Crippen LogP contribution in [0, 0.1) is 0 Å². The molecule has 2 heterocycles. The largest absolute Gasteiger partial charge is 0.350 e. The van der Waals surface area contributed by atoms with E-state index in [4.69, 9.17) is 12.2 Å². The van der Waals surface area contributed by atoms with E-state index in [1.54, 1.807) is 13.1 Å². The molecule has 2 amide bonds. The maximum Gasteiger partial charge on any atom is 0.265 e. The molecule has 1 aromatic carbocycles. The van der Waals surface area contributed by atoms with Gasteiger partial charge in [-0.05, 0) is 24.4 Å². The zero-order chi connectivity index (χ0) is 15.1. The van der Waals surface area contributed by atoms with E-state index < -0.39 is 11.8 Å². The summed E-state index contributed by atoms with van der Waals surface area (Å²) in [6, 6.07) is 7.82. The van der Waals surface area contributed by atoms with Crippen molar-refractivity contribution in [3.63, 3.8) is 0 Å². The Labute approximate surface area is 126 Å². The highest BCUT2D eigenvalue weighted by Gasteiger charge is 2.30. The third kappa shape index (κ3) is 2.13. The van der Waals surface area contributed by atoms with Crippen molar-refractivity contribution in [1.29, 1.82) is 0 Å². The highest BCUT2D eigenvalue weighted by molar-refractivity contribution is 7.80. The number of fused-ring (bicyclic) bond motifs is 1. The van der Waals surface area contributed by atoms with Crippen LogP contribution in [0.4, 0.5) is 0 Å². The number of aromatic nitrogens is 1. The lowest BCUT2D eigenvalue weighted by molar-refractivity contribution is -0.128. The molecular weight excluding hydrogens is 286 g/mol. The first-order valence-corrected chi connectivity index (χ1v) is 6.79. The Hall–Kier alpha value is -2.47. The average Bonchev–Trinajstić information content (AvgIpc) is 2.78. The van der Waals surface area contributed by atoms with Crippen LogP contribution in [0.5, 0.6) is 0 Å². The van der Waals surface area contributed by atoms with Gasteiger partial charge in [-0.25, -0.2) is 0 Å². The second-order valence-corrected chi connectivity index (χ2v) is 5.28. The average molecular weight is 299 g/mol. The van der Waals surface area contributed by atoms with Crippen molar-refractivity contribution in [2.24, 2.45) is 7.05 Å². The summed E-state index contributed by atoms with van der Waals surface area (Å²) < 4.78 is 1.96. The number of carbonyl (C=O) groups is 2. The molecule has 1 fully saturated rings. The quantitative estimate of drug-likeness (QED) is 0.492. The van der Waals surface area contributed by atoms with Crippen LogP contribution in [0.2, 0.25) is 0 Å². The summed E-state index contributed by atoms with van der Waals surface area (Å²) in [4.78, 5) is 25.4. The highest BCUT2D eigenvalue weighted by Crippen LogP contribution is 2.23. The normalized spacial score (nSPS) is 17.7.